The number of amides is 1. The van der Waals surface area contributed by atoms with Gasteiger partial charge in [-0.15, -0.1) is 0 Å². The zero-order valence-corrected chi connectivity index (χ0v) is 11.3. The SMILES string of the molecule is O=C(NC1CCCCNC1)c1ccc(Br)cc1. The van der Waals surface area contributed by atoms with Gasteiger partial charge in [-0.3, -0.25) is 4.79 Å². The fourth-order valence-electron chi connectivity index (χ4n) is 2.01. The van der Waals surface area contributed by atoms with Gasteiger partial charge in [-0.1, -0.05) is 22.4 Å². The first kappa shape index (κ1) is 12.6. The molecule has 0 aromatic heterocycles. The molecule has 0 spiro atoms. The van der Waals surface area contributed by atoms with Crippen LogP contribution >= 0.6 is 15.9 Å². The fraction of sp³-hybridized carbons (Fsp3) is 0.462. The van der Waals surface area contributed by atoms with Gasteiger partial charge in [-0.05, 0) is 43.7 Å². The average Bonchev–Trinajstić information content (AvgIpc) is 2.58. The molecule has 0 saturated carbocycles. The molecule has 1 heterocycles. The van der Waals surface area contributed by atoms with E-state index in [2.05, 4.69) is 26.6 Å². The molecule has 2 rings (SSSR count). The molecule has 1 atom stereocenters. The lowest BCUT2D eigenvalue weighted by Crippen LogP contribution is -2.40. The normalized spacial score (nSPS) is 20.6. The lowest BCUT2D eigenvalue weighted by atomic mass is 10.1. The van der Waals surface area contributed by atoms with E-state index >= 15 is 0 Å². The van der Waals surface area contributed by atoms with Gasteiger partial charge in [0.2, 0.25) is 0 Å². The van der Waals surface area contributed by atoms with Crippen LogP contribution in [-0.2, 0) is 0 Å². The van der Waals surface area contributed by atoms with Crippen molar-refractivity contribution in [2.45, 2.75) is 25.3 Å². The maximum Gasteiger partial charge on any atom is 0.251 e. The maximum atomic E-state index is 12.0. The highest BCUT2D eigenvalue weighted by Gasteiger charge is 2.15. The van der Waals surface area contributed by atoms with Gasteiger partial charge in [0, 0.05) is 22.6 Å². The van der Waals surface area contributed by atoms with E-state index in [4.69, 9.17) is 0 Å². The lowest BCUT2D eigenvalue weighted by molar-refractivity contribution is 0.0935. The average molecular weight is 297 g/mol. The molecule has 0 bridgehead atoms. The Kier molecular flexibility index (Phi) is 4.57. The first-order valence-electron chi connectivity index (χ1n) is 6.03. The zero-order chi connectivity index (χ0) is 12.1. The third-order valence-electron chi connectivity index (χ3n) is 2.99. The van der Waals surface area contributed by atoms with Crippen LogP contribution in [0.3, 0.4) is 0 Å². The summed E-state index contributed by atoms with van der Waals surface area (Å²) < 4.78 is 0.991. The Morgan fingerprint density at radius 2 is 2.06 bits per heavy atom. The van der Waals surface area contributed by atoms with Crippen molar-refractivity contribution in [3.8, 4) is 0 Å². The standard InChI is InChI=1S/C13H17BrN2O/c14-11-6-4-10(5-7-11)13(17)16-12-3-1-2-8-15-9-12/h4-7,12,15H,1-3,8-9H2,(H,16,17). The Hall–Kier alpha value is -0.870. The topological polar surface area (TPSA) is 41.1 Å². The summed E-state index contributed by atoms with van der Waals surface area (Å²) in [4.78, 5) is 12.0. The molecule has 1 aliphatic rings. The number of halogens is 1. The minimum absolute atomic E-state index is 0.0196. The summed E-state index contributed by atoms with van der Waals surface area (Å²) in [5.41, 5.74) is 0.720. The van der Waals surface area contributed by atoms with Crippen molar-refractivity contribution in [1.29, 1.82) is 0 Å². The number of hydrogen-bond acceptors (Lipinski definition) is 2. The number of rotatable bonds is 2. The molecule has 0 aliphatic carbocycles. The molecular weight excluding hydrogens is 280 g/mol. The molecule has 1 fully saturated rings. The largest absolute Gasteiger partial charge is 0.348 e. The first-order chi connectivity index (χ1) is 8.25. The predicted molar refractivity (Wildman–Crippen MR) is 72.1 cm³/mol. The summed E-state index contributed by atoms with van der Waals surface area (Å²) in [5, 5.41) is 6.42. The van der Waals surface area contributed by atoms with Crippen LogP contribution in [0.15, 0.2) is 28.7 Å². The molecule has 4 heteroatoms. The van der Waals surface area contributed by atoms with E-state index in [0.717, 1.165) is 29.5 Å². The highest BCUT2D eigenvalue weighted by atomic mass is 79.9. The third kappa shape index (κ3) is 3.82. The van der Waals surface area contributed by atoms with Crippen molar-refractivity contribution in [3.05, 3.63) is 34.3 Å². The summed E-state index contributed by atoms with van der Waals surface area (Å²) in [7, 11) is 0. The van der Waals surface area contributed by atoms with E-state index in [1.54, 1.807) is 0 Å². The van der Waals surface area contributed by atoms with Crippen LogP contribution in [0.4, 0.5) is 0 Å². The molecule has 2 N–H and O–H groups in total. The lowest BCUT2D eigenvalue weighted by Gasteiger charge is -2.16. The Balaban J connectivity index is 1.93. The van der Waals surface area contributed by atoms with Crippen LogP contribution in [-0.4, -0.2) is 25.0 Å². The van der Waals surface area contributed by atoms with E-state index in [1.165, 1.54) is 12.8 Å². The molecule has 1 amide bonds. The molecule has 92 valence electrons. The predicted octanol–water partition coefficient (Wildman–Crippen LogP) is 2.32. The molecule has 1 aliphatic heterocycles. The van der Waals surface area contributed by atoms with Crippen molar-refractivity contribution < 1.29 is 4.79 Å². The van der Waals surface area contributed by atoms with Crippen LogP contribution in [0.1, 0.15) is 29.6 Å². The van der Waals surface area contributed by atoms with Gasteiger partial charge < -0.3 is 10.6 Å². The summed E-state index contributed by atoms with van der Waals surface area (Å²) in [6.07, 6.45) is 3.44. The van der Waals surface area contributed by atoms with Gasteiger partial charge in [0.1, 0.15) is 0 Å². The van der Waals surface area contributed by atoms with Gasteiger partial charge in [0.15, 0.2) is 0 Å². The van der Waals surface area contributed by atoms with Crippen molar-refractivity contribution in [2.75, 3.05) is 13.1 Å². The van der Waals surface area contributed by atoms with Crippen molar-refractivity contribution >= 4 is 21.8 Å². The smallest absolute Gasteiger partial charge is 0.251 e. The Bertz CT molecular complexity index is 370. The van der Waals surface area contributed by atoms with Crippen molar-refractivity contribution in [2.24, 2.45) is 0 Å². The molecule has 0 radical (unpaired) electrons. The van der Waals surface area contributed by atoms with Crippen LogP contribution in [0.25, 0.3) is 0 Å². The molecule has 1 saturated heterocycles. The highest BCUT2D eigenvalue weighted by molar-refractivity contribution is 9.10. The van der Waals surface area contributed by atoms with E-state index in [-0.39, 0.29) is 11.9 Å². The number of benzene rings is 1. The van der Waals surface area contributed by atoms with Crippen LogP contribution in [0.2, 0.25) is 0 Å². The molecule has 17 heavy (non-hydrogen) atoms. The summed E-state index contributed by atoms with van der Waals surface area (Å²) in [5.74, 6) is 0.0196. The van der Waals surface area contributed by atoms with Gasteiger partial charge in [-0.2, -0.15) is 0 Å². The molecule has 1 aromatic carbocycles. The van der Waals surface area contributed by atoms with Crippen LogP contribution in [0.5, 0.6) is 0 Å². The number of nitrogens with one attached hydrogen (secondary N) is 2. The first-order valence-corrected chi connectivity index (χ1v) is 6.82. The van der Waals surface area contributed by atoms with Crippen molar-refractivity contribution in [3.63, 3.8) is 0 Å². The van der Waals surface area contributed by atoms with E-state index in [1.807, 2.05) is 24.3 Å². The van der Waals surface area contributed by atoms with E-state index in [9.17, 15) is 4.79 Å². The Labute approximate surface area is 110 Å². The molecule has 1 unspecified atom stereocenters. The second kappa shape index (κ2) is 6.17. The summed E-state index contributed by atoms with van der Waals surface area (Å²) in [6.45, 7) is 1.94. The minimum Gasteiger partial charge on any atom is -0.348 e. The summed E-state index contributed by atoms with van der Waals surface area (Å²) in [6, 6.07) is 7.71. The number of carbonyl (C=O) groups is 1. The zero-order valence-electron chi connectivity index (χ0n) is 9.71. The van der Waals surface area contributed by atoms with Gasteiger partial charge >= 0.3 is 0 Å². The Morgan fingerprint density at radius 3 is 2.82 bits per heavy atom. The number of carbonyl (C=O) groups excluding carboxylic acids is 1. The molecule has 3 nitrogen and oxygen atoms in total. The van der Waals surface area contributed by atoms with Crippen molar-refractivity contribution in [1.82, 2.24) is 10.6 Å². The summed E-state index contributed by atoms with van der Waals surface area (Å²) >= 11 is 3.36. The van der Waals surface area contributed by atoms with Gasteiger partial charge in [0.05, 0.1) is 0 Å². The third-order valence-corrected chi connectivity index (χ3v) is 3.52. The Morgan fingerprint density at radius 1 is 1.29 bits per heavy atom. The number of hydrogen-bond donors (Lipinski definition) is 2. The highest BCUT2D eigenvalue weighted by Crippen LogP contribution is 2.11. The molecular formula is C13H17BrN2O. The van der Waals surface area contributed by atoms with E-state index in [0.29, 0.717) is 0 Å². The minimum atomic E-state index is 0.0196. The quantitative estimate of drug-likeness (QED) is 0.879. The van der Waals surface area contributed by atoms with Gasteiger partial charge in [0.25, 0.3) is 5.91 Å². The second-order valence-electron chi connectivity index (χ2n) is 4.38. The molecule has 1 aromatic rings. The monoisotopic (exact) mass is 296 g/mol. The fourth-order valence-corrected chi connectivity index (χ4v) is 2.28. The maximum absolute atomic E-state index is 12.0. The van der Waals surface area contributed by atoms with Gasteiger partial charge in [-0.25, -0.2) is 0 Å². The van der Waals surface area contributed by atoms with E-state index < -0.39 is 0 Å². The second-order valence-corrected chi connectivity index (χ2v) is 5.29. The van der Waals surface area contributed by atoms with Crippen LogP contribution in [0, 0.1) is 0 Å². The van der Waals surface area contributed by atoms with Crippen LogP contribution < -0.4 is 10.6 Å².